The SMILES string of the molecule is CC1(C)CC(OC(=O)C2CCC(Cc3cc(C(C)(C)C)c(O)c(C(C)(C)C)c3)CC2)CC(C)(C)N1. The third-order valence-corrected chi connectivity index (χ3v) is 7.93. The molecule has 0 unspecified atom stereocenters. The first-order chi connectivity index (χ1) is 15.9. The third-order valence-electron chi connectivity index (χ3n) is 7.93. The molecule has 0 bridgehead atoms. The summed E-state index contributed by atoms with van der Waals surface area (Å²) >= 11 is 0. The molecule has 1 aromatic rings. The fraction of sp³-hybridized carbons (Fsp3) is 0.774. The molecule has 1 aromatic carbocycles. The van der Waals surface area contributed by atoms with E-state index in [0.29, 0.717) is 11.7 Å². The van der Waals surface area contributed by atoms with E-state index < -0.39 is 0 Å². The molecule has 3 rings (SSSR count). The van der Waals surface area contributed by atoms with E-state index in [1.807, 2.05) is 0 Å². The van der Waals surface area contributed by atoms with Crippen molar-refractivity contribution in [3.63, 3.8) is 0 Å². The number of piperidine rings is 1. The first kappa shape index (κ1) is 28.0. The van der Waals surface area contributed by atoms with Crippen molar-refractivity contribution < 1.29 is 14.6 Å². The molecular weight excluding hydrogens is 434 g/mol. The number of ether oxygens (including phenoxy) is 1. The van der Waals surface area contributed by atoms with Crippen LogP contribution in [-0.4, -0.2) is 28.3 Å². The molecule has 1 saturated carbocycles. The summed E-state index contributed by atoms with van der Waals surface area (Å²) in [7, 11) is 0. The van der Waals surface area contributed by atoms with Crippen molar-refractivity contribution in [2.45, 2.75) is 142 Å². The number of carbonyl (C=O) groups excluding carboxylic acids is 1. The van der Waals surface area contributed by atoms with Crippen LogP contribution in [0.4, 0.5) is 0 Å². The minimum atomic E-state index is -0.112. The Morgan fingerprint density at radius 3 is 1.80 bits per heavy atom. The molecule has 0 atom stereocenters. The molecule has 1 aliphatic carbocycles. The molecule has 1 saturated heterocycles. The molecule has 198 valence electrons. The lowest BCUT2D eigenvalue weighted by Gasteiger charge is -2.46. The van der Waals surface area contributed by atoms with E-state index in [-0.39, 0.29) is 39.9 Å². The van der Waals surface area contributed by atoms with Crippen LogP contribution in [0.3, 0.4) is 0 Å². The molecule has 2 N–H and O–H groups in total. The Morgan fingerprint density at radius 2 is 1.37 bits per heavy atom. The Morgan fingerprint density at radius 1 is 0.914 bits per heavy atom. The monoisotopic (exact) mass is 485 g/mol. The fourth-order valence-electron chi connectivity index (χ4n) is 6.46. The van der Waals surface area contributed by atoms with Crippen molar-refractivity contribution in [1.82, 2.24) is 5.32 Å². The number of aromatic hydroxyl groups is 1. The topological polar surface area (TPSA) is 58.6 Å². The second kappa shape index (κ2) is 9.72. The maximum absolute atomic E-state index is 13.0. The Hall–Kier alpha value is -1.55. The summed E-state index contributed by atoms with van der Waals surface area (Å²) in [6, 6.07) is 4.43. The summed E-state index contributed by atoms with van der Waals surface area (Å²) in [6.45, 7) is 21.8. The lowest BCUT2D eigenvalue weighted by atomic mass is 9.75. The minimum absolute atomic E-state index is 0.00453. The Bertz CT molecular complexity index is 857. The van der Waals surface area contributed by atoms with E-state index in [4.69, 9.17) is 4.74 Å². The molecule has 35 heavy (non-hydrogen) atoms. The standard InChI is InChI=1S/C31H51NO3/c1-28(2,3)24-16-21(17-25(26(24)33)29(4,5)6)15-20-11-13-22(14-12-20)27(34)35-23-18-30(7,8)32-31(9,10)19-23/h16-17,20,22-23,32-33H,11-15,18-19H2,1-10H3. The summed E-state index contributed by atoms with van der Waals surface area (Å²) in [5.74, 6) is 1.06. The molecule has 0 amide bonds. The summed E-state index contributed by atoms with van der Waals surface area (Å²) in [6.07, 6.45) is 6.67. The third kappa shape index (κ3) is 7.24. The molecule has 4 nitrogen and oxygen atoms in total. The van der Waals surface area contributed by atoms with Crippen LogP contribution in [0, 0.1) is 11.8 Å². The second-order valence-electron chi connectivity index (χ2n) is 14.8. The average molecular weight is 486 g/mol. The number of carbonyl (C=O) groups is 1. The van der Waals surface area contributed by atoms with Crippen molar-refractivity contribution >= 4 is 5.97 Å². The second-order valence-corrected chi connectivity index (χ2v) is 14.8. The van der Waals surface area contributed by atoms with Gasteiger partial charge in [-0.1, -0.05) is 53.7 Å². The maximum Gasteiger partial charge on any atom is 0.309 e. The van der Waals surface area contributed by atoms with Crippen LogP contribution < -0.4 is 5.32 Å². The predicted octanol–water partition coefficient (Wildman–Crippen LogP) is 7.19. The van der Waals surface area contributed by atoms with E-state index in [0.717, 1.165) is 56.1 Å². The molecular formula is C31H51NO3. The van der Waals surface area contributed by atoms with Gasteiger partial charge in [0, 0.05) is 23.9 Å². The van der Waals surface area contributed by atoms with Gasteiger partial charge in [0.25, 0.3) is 0 Å². The van der Waals surface area contributed by atoms with Crippen molar-refractivity contribution in [2.75, 3.05) is 0 Å². The zero-order valence-electron chi connectivity index (χ0n) is 24.1. The molecule has 0 spiro atoms. The number of nitrogens with one attached hydrogen (secondary N) is 1. The maximum atomic E-state index is 13.0. The highest BCUT2D eigenvalue weighted by Gasteiger charge is 2.40. The zero-order chi connectivity index (χ0) is 26.4. The van der Waals surface area contributed by atoms with Gasteiger partial charge in [0.1, 0.15) is 11.9 Å². The van der Waals surface area contributed by atoms with E-state index in [2.05, 4.69) is 86.7 Å². The Labute approximate surface area is 214 Å². The van der Waals surface area contributed by atoms with E-state index in [9.17, 15) is 9.90 Å². The van der Waals surface area contributed by atoms with Gasteiger partial charge in [0.15, 0.2) is 0 Å². The van der Waals surface area contributed by atoms with Crippen LogP contribution in [0.2, 0.25) is 0 Å². The van der Waals surface area contributed by atoms with Gasteiger partial charge in [-0.25, -0.2) is 0 Å². The first-order valence-electron chi connectivity index (χ1n) is 13.7. The first-order valence-corrected chi connectivity index (χ1v) is 13.7. The van der Waals surface area contributed by atoms with Crippen LogP contribution in [0.25, 0.3) is 0 Å². The molecule has 0 aromatic heterocycles. The van der Waals surface area contributed by atoms with Crippen molar-refractivity contribution in [3.8, 4) is 5.75 Å². The van der Waals surface area contributed by atoms with Crippen molar-refractivity contribution in [2.24, 2.45) is 11.8 Å². The van der Waals surface area contributed by atoms with Gasteiger partial charge in [-0.3, -0.25) is 4.79 Å². The number of hydrogen-bond acceptors (Lipinski definition) is 4. The zero-order valence-corrected chi connectivity index (χ0v) is 24.1. The largest absolute Gasteiger partial charge is 0.507 e. The Kier molecular flexibility index (Phi) is 7.79. The van der Waals surface area contributed by atoms with Gasteiger partial charge in [0.2, 0.25) is 0 Å². The molecule has 4 heteroatoms. The number of phenols is 1. The number of esters is 1. The highest BCUT2D eigenvalue weighted by atomic mass is 16.5. The van der Waals surface area contributed by atoms with Gasteiger partial charge < -0.3 is 15.2 Å². The van der Waals surface area contributed by atoms with Crippen LogP contribution >= 0.6 is 0 Å². The smallest absolute Gasteiger partial charge is 0.309 e. The predicted molar refractivity (Wildman–Crippen MR) is 145 cm³/mol. The number of benzene rings is 1. The average Bonchev–Trinajstić information content (AvgIpc) is 2.65. The van der Waals surface area contributed by atoms with Crippen LogP contribution in [0.1, 0.15) is 124 Å². The van der Waals surface area contributed by atoms with Gasteiger partial charge in [-0.05, 0) is 93.2 Å². The van der Waals surface area contributed by atoms with Gasteiger partial charge in [0.05, 0.1) is 5.92 Å². The highest BCUT2D eigenvalue weighted by Crippen LogP contribution is 2.41. The quantitative estimate of drug-likeness (QED) is 0.443. The minimum Gasteiger partial charge on any atom is -0.507 e. The molecule has 1 heterocycles. The van der Waals surface area contributed by atoms with E-state index >= 15 is 0 Å². The summed E-state index contributed by atoms with van der Waals surface area (Å²) in [5.41, 5.74) is 3.11. The van der Waals surface area contributed by atoms with Gasteiger partial charge in [-0.2, -0.15) is 0 Å². The molecule has 2 fully saturated rings. The number of hydrogen-bond donors (Lipinski definition) is 2. The highest BCUT2D eigenvalue weighted by molar-refractivity contribution is 5.72. The molecule has 2 aliphatic rings. The molecule has 1 aliphatic heterocycles. The van der Waals surface area contributed by atoms with Crippen LogP contribution in [0.15, 0.2) is 12.1 Å². The normalized spacial score (nSPS) is 25.3. The Balaban J connectivity index is 1.63. The summed E-state index contributed by atoms with van der Waals surface area (Å²) in [5, 5.41) is 14.7. The van der Waals surface area contributed by atoms with Crippen molar-refractivity contribution in [3.05, 3.63) is 28.8 Å². The summed E-state index contributed by atoms with van der Waals surface area (Å²) < 4.78 is 6.07. The summed E-state index contributed by atoms with van der Waals surface area (Å²) in [4.78, 5) is 13.0. The lowest BCUT2D eigenvalue weighted by Crippen LogP contribution is -2.59. The van der Waals surface area contributed by atoms with Crippen LogP contribution in [0.5, 0.6) is 5.75 Å². The van der Waals surface area contributed by atoms with E-state index in [1.54, 1.807) is 0 Å². The van der Waals surface area contributed by atoms with Gasteiger partial charge in [-0.15, -0.1) is 0 Å². The van der Waals surface area contributed by atoms with Gasteiger partial charge >= 0.3 is 5.97 Å². The number of phenolic OH excluding ortho intramolecular Hbond substituents is 1. The van der Waals surface area contributed by atoms with E-state index in [1.165, 1.54) is 5.56 Å². The lowest BCUT2D eigenvalue weighted by molar-refractivity contribution is -0.159. The van der Waals surface area contributed by atoms with Crippen LogP contribution in [-0.2, 0) is 26.8 Å². The van der Waals surface area contributed by atoms with Crippen molar-refractivity contribution in [1.29, 1.82) is 0 Å². The molecule has 0 radical (unpaired) electrons. The fourth-order valence-corrected chi connectivity index (χ4v) is 6.46. The number of rotatable bonds is 4.